The smallest absolute Gasteiger partial charge is 0.315 e. The topological polar surface area (TPSA) is 87.5 Å². The number of amides is 3. The molecule has 1 aromatic carbocycles. The zero-order valence-electron chi connectivity index (χ0n) is 16.5. The van der Waals surface area contributed by atoms with Crippen molar-refractivity contribution in [3.63, 3.8) is 0 Å². The number of carbonyl (C=O) groups is 3. The van der Waals surface area contributed by atoms with Crippen LogP contribution in [0, 0.1) is 6.92 Å². The Morgan fingerprint density at radius 1 is 1.03 bits per heavy atom. The maximum absolute atomic E-state index is 12.8. The van der Waals surface area contributed by atoms with Crippen molar-refractivity contribution in [3.05, 3.63) is 41.1 Å². The molecule has 1 N–H and O–H groups in total. The number of benzene rings is 1. The van der Waals surface area contributed by atoms with E-state index in [1.807, 2.05) is 31.2 Å². The molecule has 3 amide bonds. The van der Waals surface area contributed by atoms with Gasteiger partial charge >= 0.3 is 11.8 Å². The van der Waals surface area contributed by atoms with E-state index in [1.54, 1.807) is 21.3 Å². The Balaban J connectivity index is 1.55. The summed E-state index contributed by atoms with van der Waals surface area (Å²) >= 11 is 1.74. The molecule has 2 aliphatic heterocycles. The van der Waals surface area contributed by atoms with Crippen LogP contribution in [0.15, 0.2) is 24.3 Å². The van der Waals surface area contributed by atoms with E-state index in [0.29, 0.717) is 32.0 Å². The average molecular weight is 414 g/mol. The third-order valence-electron chi connectivity index (χ3n) is 5.33. The van der Waals surface area contributed by atoms with Gasteiger partial charge in [-0.15, -0.1) is 0 Å². The second kappa shape index (κ2) is 7.90. The van der Waals surface area contributed by atoms with Crippen LogP contribution in [0.25, 0.3) is 5.69 Å². The number of nitrogens with zero attached hydrogens (tertiary/aromatic N) is 4. The molecular weight excluding hydrogens is 390 g/mol. The molecule has 9 heteroatoms. The summed E-state index contributed by atoms with van der Waals surface area (Å²) in [4.78, 5) is 40.1. The van der Waals surface area contributed by atoms with Crippen molar-refractivity contribution in [1.29, 1.82) is 0 Å². The van der Waals surface area contributed by atoms with Gasteiger partial charge in [-0.1, -0.05) is 18.2 Å². The fourth-order valence-electron chi connectivity index (χ4n) is 3.65. The zero-order valence-corrected chi connectivity index (χ0v) is 17.3. The first-order chi connectivity index (χ1) is 14.0. The van der Waals surface area contributed by atoms with Crippen LogP contribution in [0.4, 0.5) is 5.82 Å². The van der Waals surface area contributed by atoms with E-state index in [2.05, 4.69) is 10.4 Å². The van der Waals surface area contributed by atoms with Gasteiger partial charge in [0.15, 0.2) is 0 Å². The van der Waals surface area contributed by atoms with Crippen molar-refractivity contribution in [2.45, 2.75) is 25.4 Å². The average Bonchev–Trinajstić information content (AvgIpc) is 3.30. The van der Waals surface area contributed by atoms with E-state index < -0.39 is 11.8 Å². The molecule has 0 radical (unpaired) electrons. The minimum Gasteiger partial charge on any atom is -0.339 e. The largest absolute Gasteiger partial charge is 0.339 e. The summed E-state index contributed by atoms with van der Waals surface area (Å²) in [5, 5.41) is 7.51. The van der Waals surface area contributed by atoms with E-state index in [1.165, 1.54) is 11.8 Å². The Kier molecular flexibility index (Phi) is 5.31. The summed E-state index contributed by atoms with van der Waals surface area (Å²) in [6.45, 7) is 5.11. The fraction of sp³-hybridized carbons (Fsp3) is 0.400. The van der Waals surface area contributed by atoms with Crippen molar-refractivity contribution >= 4 is 35.3 Å². The number of aryl methyl sites for hydroxylation is 1. The fourth-order valence-corrected chi connectivity index (χ4v) is 4.68. The normalized spacial score (nSPS) is 15.9. The molecule has 1 aromatic heterocycles. The van der Waals surface area contributed by atoms with E-state index in [-0.39, 0.29) is 5.91 Å². The lowest BCUT2D eigenvalue weighted by Gasteiger charge is -2.33. The van der Waals surface area contributed by atoms with Gasteiger partial charge in [-0.05, 0) is 18.6 Å². The number of para-hydroxylation sites is 1. The highest BCUT2D eigenvalue weighted by molar-refractivity contribution is 7.98. The Labute approximate surface area is 173 Å². The van der Waals surface area contributed by atoms with E-state index >= 15 is 0 Å². The third kappa shape index (κ3) is 3.74. The molecule has 0 bridgehead atoms. The Morgan fingerprint density at radius 3 is 2.41 bits per heavy atom. The molecule has 0 saturated carbocycles. The first-order valence-electron chi connectivity index (χ1n) is 9.56. The molecule has 0 atom stereocenters. The maximum Gasteiger partial charge on any atom is 0.315 e. The number of rotatable bonds is 2. The van der Waals surface area contributed by atoms with Crippen molar-refractivity contribution in [1.82, 2.24) is 19.6 Å². The van der Waals surface area contributed by atoms with Gasteiger partial charge < -0.3 is 15.1 Å². The van der Waals surface area contributed by atoms with Crippen LogP contribution in [0.1, 0.15) is 23.7 Å². The standard InChI is InChI=1S/C20H23N5O3S/c1-13-5-3-4-6-17(13)25-18(15-11-29-12-16(15)22-25)21-19(27)20(28)24-9-7-23(8-10-24)14(2)26/h3-6H,7-12H2,1-2H3,(H,21,27). The molecule has 2 aromatic rings. The summed E-state index contributed by atoms with van der Waals surface area (Å²) in [6.07, 6.45) is 0. The van der Waals surface area contributed by atoms with Crippen LogP contribution in [-0.2, 0) is 25.9 Å². The third-order valence-corrected chi connectivity index (χ3v) is 6.30. The number of thioether (sulfide) groups is 1. The molecule has 4 rings (SSSR count). The predicted molar refractivity (Wildman–Crippen MR) is 111 cm³/mol. The first kappa shape index (κ1) is 19.5. The number of piperazine rings is 1. The summed E-state index contributed by atoms with van der Waals surface area (Å²) in [7, 11) is 0. The molecule has 1 fully saturated rings. The van der Waals surface area contributed by atoms with E-state index in [9.17, 15) is 14.4 Å². The second-order valence-corrected chi connectivity index (χ2v) is 8.20. The number of aromatic nitrogens is 2. The monoisotopic (exact) mass is 413 g/mol. The molecule has 0 aliphatic carbocycles. The van der Waals surface area contributed by atoms with Crippen molar-refractivity contribution < 1.29 is 14.4 Å². The van der Waals surface area contributed by atoms with Crippen LogP contribution in [0.5, 0.6) is 0 Å². The van der Waals surface area contributed by atoms with E-state index in [0.717, 1.165) is 34.0 Å². The quantitative estimate of drug-likeness (QED) is 0.755. The molecule has 2 aliphatic rings. The summed E-state index contributed by atoms with van der Waals surface area (Å²) in [5.74, 6) is 0.845. The van der Waals surface area contributed by atoms with E-state index in [4.69, 9.17) is 0 Å². The molecule has 1 saturated heterocycles. The van der Waals surface area contributed by atoms with Gasteiger partial charge in [0.25, 0.3) is 0 Å². The Morgan fingerprint density at radius 2 is 1.72 bits per heavy atom. The highest BCUT2D eigenvalue weighted by atomic mass is 32.2. The lowest BCUT2D eigenvalue weighted by Crippen LogP contribution is -2.52. The summed E-state index contributed by atoms with van der Waals surface area (Å²) in [5.41, 5.74) is 3.82. The SMILES string of the molecule is CC(=O)N1CCN(C(=O)C(=O)Nc2c3c(nn2-c2ccccc2C)CSC3)CC1. The van der Waals surface area contributed by atoms with Crippen LogP contribution in [-0.4, -0.2) is 63.5 Å². The first-order valence-corrected chi connectivity index (χ1v) is 10.7. The number of anilines is 1. The Hall–Kier alpha value is -2.81. The lowest BCUT2D eigenvalue weighted by molar-refractivity contribution is -0.145. The number of hydrogen-bond donors (Lipinski definition) is 1. The van der Waals surface area contributed by atoms with Gasteiger partial charge in [0.05, 0.1) is 11.4 Å². The van der Waals surface area contributed by atoms with Gasteiger partial charge in [-0.3, -0.25) is 14.4 Å². The molecular formula is C20H23N5O3S. The minimum absolute atomic E-state index is 0.0169. The number of fused-ring (bicyclic) bond motifs is 1. The molecule has 8 nitrogen and oxygen atoms in total. The highest BCUT2D eigenvalue weighted by Crippen LogP contribution is 2.36. The lowest BCUT2D eigenvalue weighted by atomic mass is 10.2. The van der Waals surface area contributed by atoms with Crippen LogP contribution >= 0.6 is 11.8 Å². The van der Waals surface area contributed by atoms with Gasteiger partial charge in [0.1, 0.15) is 5.82 Å². The van der Waals surface area contributed by atoms with Gasteiger partial charge in [-0.25, -0.2) is 4.68 Å². The summed E-state index contributed by atoms with van der Waals surface area (Å²) in [6, 6.07) is 7.81. The van der Waals surface area contributed by atoms with Gasteiger partial charge in [-0.2, -0.15) is 16.9 Å². The number of carbonyl (C=O) groups excluding carboxylic acids is 3. The van der Waals surface area contributed by atoms with Crippen molar-refractivity contribution in [3.8, 4) is 5.69 Å². The van der Waals surface area contributed by atoms with Gasteiger partial charge in [0, 0.05) is 50.2 Å². The van der Waals surface area contributed by atoms with Crippen LogP contribution in [0.3, 0.4) is 0 Å². The predicted octanol–water partition coefficient (Wildman–Crippen LogP) is 1.56. The second-order valence-electron chi connectivity index (χ2n) is 7.22. The number of nitrogens with one attached hydrogen (secondary N) is 1. The van der Waals surface area contributed by atoms with Crippen molar-refractivity contribution in [2.24, 2.45) is 0 Å². The molecule has 3 heterocycles. The highest BCUT2D eigenvalue weighted by Gasteiger charge is 2.30. The number of hydrogen-bond acceptors (Lipinski definition) is 5. The molecule has 0 unspecified atom stereocenters. The van der Waals surface area contributed by atoms with Gasteiger partial charge in [0.2, 0.25) is 5.91 Å². The minimum atomic E-state index is -0.671. The molecule has 29 heavy (non-hydrogen) atoms. The Bertz CT molecular complexity index is 978. The zero-order chi connectivity index (χ0) is 20.5. The molecule has 0 spiro atoms. The van der Waals surface area contributed by atoms with Crippen LogP contribution < -0.4 is 5.32 Å². The maximum atomic E-state index is 12.8. The molecule has 152 valence electrons. The van der Waals surface area contributed by atoms with Crippen LogP contribution in [0.2, 0.25) is 0 Å². The van der Waals surface area contributed by atoms with Crippen molar-refractivity contribution in [2.75, 3.05) is 31.5 Å². The summed E-state index contributed by atoms with van der Waals surface area (Å²) < 4.78 is 1.73.